The summed E-state index contributed by atoms with van der Waals surface area (Å²) in [6.07, 6.45) is -0.145. The quantitative estimate of drug-likeness (QED) is 0.717. The summed E-state index contributed by atoms with van der Waals surface area (Å²) in [6.45, 7) is 3.78. The minimum Gasteiger partial charge on any atom is -0.481 e. The molecular weight excluding hydrogens is 334 g/mol. The van der Waals surface area contributed by atoms with Crippen LogP contribution in [0.1, 0.15) is 30.6 Å². The summed E-state index contributed by atoms with van der Waals surface area (Å²) in [5.74, 6) is -1.44. The van der Waals surface area contributed by atoms with Crippen LogP contribution in [0.5, 0.6) is 0 Å². The molecule has 1 amide bonds. The number of nitrogens with zero attached hydrogens (tertiary/aromatic N) is 1. The molecule has 1 aromatic rings. The van der Waals surface area contributed by atoms with Gasteiger partial charge < -0.3 is 14.7 Å². The molecule has 1 aromatic carbocycles. The van der Waals surface area contributed by atoms with E-state index in [2.05, 4.69) is 0 Å². The minimum absolute atomic E-state index is 0.0966. The topological polar surface area (TPSA) is 101 Å². The van der Waals surface area contributed by atoms with Crippen LogP contribution < -0.4 is 0 Å². The largest absolute Gasteiger partial charge is 0.481 e. The molecule has 0 saturated heterocycles. The van der Waals surface area contributed by atoms with Crippen LogP contribution in [0.15, 0.2) is 29.2 Å². The van der Waals surface area contributed by atoms with Gasteiger partial charge in [0.1, 0.15) is 0 Å². The standard InChI is InChI=1S/C16H23NO6S/c1-12(2)17(9-8-15(18)19)16(20)13-4-6-14(7-5-13)24(21,22)11-10-23-3/h4-7,12H,8-11H2,1-3H3,(H,18,19). The molecule has 134 valence electrons. The van der Waals surface area contributed by atoms with E-state index >= 15 is 0 Å². The van der Waals surface area contributed by atoms with Crippen LogP contribution in [0.25, 0.3) is 0 Å². The van der Waals surface area contributed by atoms with Crippen molar-refractivity contribution in [1.82, 2.24) is 4.90 Å². The fourth-order valence-corrected chi connectivity index (χ4v) is 3.26. The molecule has 0 bridgehead atoms. The second-order valence-corrected chi connectivity index (χ2v) is 7.68. The third kappa shape index (κ3) is 5.61. The van der Waals surface area contributed by atoms with Gasteiger partial charge in [-0.3, -0.25) is 9.59 Å². The Balaban J connectivity index is 2.93. The number of carbonyl (C=O) groups excluding carboxylic acids is 1. The molecule has 0 spiro atoms. The zero-order valence-electron chi connectivity index (χ0n) is 14.1. The number of aliphatic carboxylic acids is 1. The molecule has 0 saturated carbocycles. The van der Waals surface area contributed by atoms with Gasteiger partial charge in [0, 0.05) is 25.3 Å². The highest BCUT2D eigenvalue weighted by molar-refractivity contribution is 7.91. The maximum absolute atomic E-state index is 12.5. The summed E-state index contributed by atoms with van der Waals surface area (Å²) < 4.78 is 28.9. The molecule has 0 heterocycles. The van der Waals surface area contributed by atoms with Gasteiger partial charge in [0.25, 0.3) is 5.91 Å². The van der Waals surface area contributed by atoms with Crippen LogP contribution in [-0.4, -0.2) is 62.4 Å². The van der Waals surface area contributed by atoms with Crippen LogP contribution in [0.4, 0.5) is 0 Å². The van der Waals surface area contributed by atoms with Crippen molar-refractivity contribution >= 4 is 21.7 Å². The van der Waals surface area contributed by atoms with Crippen molar-refractivity contribution in [2.24, 2.45) is 0 Å². The number of rotatable bonds is 9. The van der Waals surface area contributed by atoms with Crippen molar-refractivity contribution in [1.29, 1.82) is 0 Å². The molecule has 8 heteroatoms. The van der Waals surface area contributed by atoms with Crippen molar-refractivity contribution in [3.05, 3.63) is 29.8 Å². The molecule has 1 N–H and O–H groups in total. The van der Waals surface area contributed by atoms with Gasteiger partial charge in [-0.1, -0.05) is 0 Å². The van der Waals surface area contributed by atoms with Gasteiger partial charge in [-0.2, -0.15) is 0 Å². The van der Waals surface area contributed by atoms with Gasteiger partial charge >= 0.3 is 5.97 Å². The first kappa shape index (κ1) is 20.1. The van der Waals surface area contributed by atoms with E-state index < -0.39 is 15.8 Å². The molecule has 0 aliphatic rings. The minimum atomic E-state index is -3.45. The molecule has 1 rings (SSSR count). The molecule has 0 radical (unpaired) electrons. The smallest absolute Gasteiger partial charge is 0.305 e. The lowest BCUT2D eigenvalue weighted by molar-refractivity contribution is -0.137. The number of sulfone groups is 1. The second kappa shape index (κ2) is 8.79. The monoisotopic (exact) mass is 357 g/mol. The van der Waals surface area contributed by atoms with Crippen molar-refractivity contribution in [2.45, 2.75) is 31.2 Å². The van der Waals surface area contributed by atoms with Crippen LogP contribution in [-0.2, 0) is 19.4 Å². The first-order chi connectivity index (χ1) is 11.2. The predicted molar refractivity (Wildman–Crippen MR) is 88.8 cm³/mol. The van der Waals surface area contributed by atoms with Crippen LogP contribution in [0.2, 0.25) is 0 Å². The first-order valence-corrected chi connectivity index (χ1v) is 9.18. The van der Waals surface area contributed by atoms with Crippen LogP contribution in [0, 0.1) is 0 Å². The lowest BCUT2D eigenvalue weighted by Crippen LogP contribution is -2.38. The number of carboxylic acids is 1. The maximum atomic E-state index is 12.5. The summed E-state index contributed by atoms with van der Waals surface area (Å²) in [4.78, 5) is 24.8. The molecular formula is C16H23NO6S. The van der Waals surface area contributed by atoms with E-state index in [1.54, 1.807) is 13.8 Å². The molecule has 0 fully saturated rings. The third-order valence-corrected chi connectivity index (χ3v) is 5.16. The summed E-state index contributed by atoms with van der Waals surface area (Å²) in [7, 11) is -2.03. The molecule has 0 aliphatic carbocycles. The fourth-order valence-electron chi connectivity index (χ4n) is 2.09. The van der Waals surface area contributed by atoms with E-state index in [-0.39, 0.29) is 42.2 Å². The average molecular weight is 357 g/mol. The maximum Gasteiger partial charge on any atom is 0.305 e. The van der Waals surface area contributed by atoms with Crippen molar-refractivity contribution < 1.29 is 27.9 Å². The zero-order chi connectivity index (χ0) is 18.3. The molecule has 7 nitrogen and oxygen atoms in total. The second-order valence-electron chi connectivity index (χ2n) is 5.57. The Morgan fingerprint density at radius 2 is 1.79 bits per heavy atom. The number of benzene rings is 1. The highest BCUT2D eigenvalue weighted by atomic mass is 32.2. The van der Waals surface area contributed by atoms with Crippen molar-refractivity contribution in [3.8, 4) is 0 Å². The van der Waals surface area contributed by atoms with E-state index in [1.807, 2.05) is 0 Å². The third-order valence-electron chi connectivity index (χ3n) is 3.47. The highest BCUT2D eigenvalue weighted by Gasteiger charge is 2.21. The van der Waals surface area contributed by atoms with E-state index in [1.165, 1.54) is 36.3 Å². The van der Waals surface area contributed by atoms with Crippen LogP contribution >= 0.6 is 0 Å². The predicted octanol–water partition coefficient (Wildman–Crippen LogP) is 1.43. The number of amides is 1. The van der Waals surface area contributed by atoms with Gasteiger partial charge in [-0.05, 0) is 38.1 Å². The first-order valence-electron chi connectivity index (χ1n) is 7.53. The number of methoxy groups -OCH3 is 1. The van der Waals surface area contributed by atoms with Gasteiger partial charge in [-0.25, -0.2) is 8.42 Å². The number of ether oxygens (including phenoxy) is 1. The fraction of sp³-hybridized carbons (Fsp3) is 0.500. The Morgan fingerprint density at radius 1 is 1.21 bits per heavy atom. The summed E-state index contributed by atoms with van der Waals surface area (Å²) in [6, 6.07) is 5.49. The van der Waals surface area contributed by atoms with Gasteiger partial charge in [0.05, 0.1) is 23.7 Å². The van der Waals surface area contributed by atoms with E-state index in [0.717, 1.165) is 0 Å². The Bertz CT molecular complexity index is 666. The molecule has 24 heavy (non-hydrogen) atoms. The highest BCUT2D eigenvalue weighted by Crippen LogP contribution is 2.15. The summed E-state index contributed by atoms with van der Waals surface area (Å²) in [5.41, 5.74) is 0.319. The summed E-state index contributed by atoms with van der Waals surface area (Å²) in [5, 5.41) is 8.78. The van der Waals surface area contributed by atoms with Gasteiger partial charge in [0.2, 0.25) is 0 Å². The lowest BCUT2D eigenvalue weighted by Gasteiger charge is -2.26. The van der Waals surface area contributed by atoms with E-state index in [4.69, 9.17) is 9.84 Å². The Hall–Kier alpha value is -1.93. The van der Waals surface area contributed by atoms with Crippen molar-refractivity contribution in [3.63, 3.8) is 0 Å². The van der Waals surface area contributed by atoms with Gasteiger partial charge in [0.15, 0.2) is 9.84 Å². The normalized spacial score (nSPS) is 11.5. The number of carboxylic acid groups (broad SMARTS) is 1. The van der Waals surface area contributed by atoms with Gasteiger partial charge in [-0.15, -0.1) is 0 Å². The van der Waals surface area contributed by atoms with E-state index in [9.17, 15) is 18.0 Å². The Morgan fingerprint density at radius 3 is 2.25 bits per heavy atom. The molecule has 0 aliphatic heterocycles. The molecule has 0 unspecified atom stereocenters. The van der Waals surface area contributed by atoms with Crippen molar-refractivity contribution in [2.75, 3.05) is 26.0 Å². The number of hydrogen-bond donors (Lipinski definition) is 1. The Kier molecular flexibility index (Phi) is 7.37. The number of carbonyl (C=O) groups is 2. The zero-order valence-corrected chi connectivity index (χ0v) is 14.9. The van der Waals surface area contributed by atoms with Crippen LogP contribution in [0.3, 0.4) is 0 Å². The molecule has 0 aromatic heterocycles. The molecule has 0 atom stereocenters. The lowest BCUT2D eigenvalue weighted by atomic mass is 10.1. The number of hydrogen-bond acceptors (Lipinski definition) is 5. The van der Waals surface area contributed by atoms with E-state index in [0.29, 0.717) is 5.56 Å². The SMILES string of the molecule is COCCS(=O)(=O)c1ccc(C(=O)N(CCC(=O)O)C(C)C)cc1. The Labute approximate surface area is 142 Å². The summed E-state index contributed by atoms with van der Waals surface area (Å²) >= 11 is 0. The average Bonchev–Trinajstić information content (AvgIpc) is 2.52.